The molecular formula is C20H17NO10. The molecule has 0 aliphatic heterocycles. The van der Waals surface area contributed by atoms with E-state index in [0.717, 1.165) is 6.07 Å². The van der Waals surface area contributed by atoms with Gasteiger partial charge in [0.05, 0.1) is 6.61 Å². The third-order valence-corrected chi connectivity index (χ3v) is 4.07. The van der Waals surface area contributed by atoms with Crippen LogP contribution in [0.25, 0.3) is 22.3 Å². The summed E-state index contributed by atoms with van der Waals surface area (Å²) in [7, 11) is 0. The molecule has 0 bridgehead atoms. The first-order valence-electron chi connectivity index (χ1n) is 8.88. The largest absolute Gasteiger partial charge is 0.508 e. The van der Waals surface area contributed by atoms with Crippen molar-refractivity contribution in [2.24, 2.45) is 0 Å². The SMILES string of the molecule is CCOC(=O)CNC(=O)Oc1c(O)cc2oc(-c3ccc(O)cc3)c(O)c(=O)c2c1O. The summed E-state index contributed by atoms with van der Waals surface area (Å²) in [6.45, 7) is 1.16. The third kappa shape index (κ3) is 4.29. The summed E-state index contributed by atoms with van der Waals surface area (Å²) in [5, 5.41) is 41.7. The molecular weight excluding hydrogens is 414 g/mol. The first-order chi connectivity index (χ1) is 14.7. The van der Waals surface area contributed by atoms with Crippen LogP contribution in [0.15, 0.2) is 39.5 Å². The standard InChI is InChI=1S/C20H17NO10/c1-2-29-13(24)8-21-20(28)31-19-11(23)7-12-14(16(19)26)15(25)17(27)18(30-12)9-3-5-10(22)6-4-9/h3-7,22-23,26-27H,2,8H2,1H3,(H,21,28). The number of phenols is 3. The lowest BCUT2D eigenvalue weighted by Crippen LogP contribution is -2.32. The molecule has 162 valence electrons. The van der Waals surface area contributed by atoms with Crippen LogP contribution < -0.4 is 15.5 Å². The molecule has 0 radical (unpaired) electrons. The topological polar surface area (TPSA) is 176 Å². The van der Waals surface area contributed by atoms with Gasteiger partial charge in [0, 0.05) is 11.6 Å². The zero-order valence-corrected chi connectivity index (χ0v) is 16.0. The van der Waals surface area contributed by atoms with E-state index >= 15 is 0 Å². The van der Waals surface area contributed by atoms with Crippen LogP contribution in [0.2, 0.25) is 0 Å². The van der Waals surface area contributed by atoms with Gasteiger partial charge in [0.15, 0.2) is 17.3 Å². The predicted molar refractivity (Wildman–Crippen MR) is 105 cm³/mol. The Morgan fingerprint density at radius 2 is 1.74 bits per heavy atom. The number of benzene rings is 2. The van der Waals surface area contributed by atoms with Crippen LogP contribution >= 0.6 is 0 Å². The molecule has 0 saturated carbocycles. The quantitative estimate of drug-likeness (QED) is 0.375. The van der Waals surface area contributed by atoms with Gasteiger partial charge in [0.1, 0.15) is 23.3 Å². The van der Waals surface area contributed by atoms with E-state index in [4.69, 9.17) is 9.15 Å². The van der Waals surface area contributed by atoms with Crippen LogP contribution in [0.4, 0.5) is 4.79 Å². The maximum absolute atomic E-state index is 12.6. The number of fused-ring (bicyclic) bond motifs is 1. The van der Waals surface area contributed by atoms with E-state index < -0.39 is 52.4 Å². The summed E-state index contributed by atoms with van der Waals surface area (Å²) >= 11 is 0. The van der Waals surface area contributed by atoms with Crippen molar-refractivity contribution in [2.75, 3.05) is 13.2 Å². The second kappa shape index (κ2) is 8.53. The lowest BCUT2D eigenvalue weighted by atomic mass is 10.1. The number of nitrogens with one attached hydrogen (secondary N) is 1. The molecule has 31 heavy (non-hydrogen) atoms. The number of aromatic hydroxyl groups is 4. The fourth-order valence-electron chi connectivity index (χ4n) is 2.69. The highest BCUT2D eigenvalue weighted by Crippen LogP contribution is 2.43. The number of carbonyl (C=O) groups excluding carboxylic acids is 2. The summed E-state index contributed by atoms with van der Waals surface area (Å²) in [5.41, 5.74) is -1.12. The van der Waals surface area contributed by atoms with Crippen molar-refractivity contribution in [1.82, 2.24) is 5.32 Å². The van der Waals surface area contributed by atoms with Gasteiger partial charge in [-0.2, -0.15) is 0 Å². The van der Waals surface area contributed by atoms with Crippen LogP contribution in [0.1, 0.15) is 6.92 Å². The van der Waals surface area contributed by atoms with E-state index in [0.29, 0.717) is 0 Å². The summed E-state index contributed by atoms with van der Waals surface area (Å²) < 4.78 is 14.9. The van der Waals surface area contributed by atoms with E-state index in [1.807, 2.05) is 0 Å². The minimum atomic E-state index is -1.22. The van der Waals surface area contributed by atoms with E-state index in [9.17, 15) is 34.8 Å². The molecule has 0 atom stereocenters. The van der Waals surface area contributed by atoms with Gasteiger partial charge in [-0.05, 0) is 31.2 Å². The summed E-state index contributed by atoms with van der Waals surface area (Å²) in [4.78, 5) is 35.7. The van der Waals surface area contributed by atoms with Crippen molar-refractivity contribution in [3.05, 3.63) is 40.6 Å². The molecule has 11 nitrogen and oxygen atoms in total. The highest BCUT2D eigenvalue weighted by Gasteiger charge is 2.24. The molecule has 2 aromatic carbocycles. The van der Waals surface area contributed by atoms with Gasteiger partial charge in [-0.25, -0.2) is 4.79 Å². The van der Waals surface area contributed by atoms with Gasteiger partial charge in [0.25, 0.3) is 0 Å². The summed E-state index contributed by atoms with van der Waals surface area (Å²) in [6.07, 6.45) is -1.22. The van der Waals surface area contributed by atoms with Crippen LogP contribution in [0.3, 0.4) is 0 Å². The van der Waals surface area contributed by atoms with Gasteiger partial charge in [-0.3, -0.25) is 9.59 Å². The minimum Gasteiger partial charge on any atom is -0.508 e. The second-order valence-corrected chi connectivity index (χ2v) is 6.15. The Bertz CT molecular complexity index is 1210. The molecule has 0 aliphatic carbocycles. The normalized spacial score (nSPS) is 10.6. The van der Waals surface area contributed by atoms with E-state index in [2.05, 4.69) is 10.1 Å². The molecule has 3 rings (SSSR count). The van der Waals surface area contributed by atoms with Gasteiger partial charge < -0.3 is 39.6 Å². The average Bonchev–Trinajstić information content (AvgIpc) is 2.73. The van der Waals surface area contributed by atoms with Gasteiger partial charge >= 0.3 is 12.1 Å². The molecule has 5 N–H and O–H groups in total. The Balaban J connectivity index is 1.99. The van der Waals surface area contributed by atoms with Gasteiger partial charge in [-0.1, -0.05) is 0 Å². The number of amides is 1. The Kier molecular flexibility index (Phi) is 5.86. The smallest absolute Gasteiger partial charge is 0.413 e. The molecule has 1 heterocycles. The first kappa shape index (κ1) is 21.3. The number of ether oxygens (including phenoxy) is 2. The Labute approximate surface area is 173 Å². The predicted octanol–water partition coefficient (Wildman–Crippen LogP) is 1.93. The number of rotatable bonds is 5. The number of esters is 1. The third-order valence-electron chi connectivity index (χ3n) is 4.07. The van der Waals surface area contributed by atoms with E-state index in [-0.39, 0.29) is 29.3 Å². The average molecular weight is 431 g/mol. The Morgan fingerprint density at radius 3 is 2.39 bits per heavy atom. The lowest BCUT2D eigenvalue weighted by Gasteiger charge is -2.12. The summed E-state index contributed by atoms with van der Waals surface area (Å²) in [5.74, 6) is -4.39. The number of hydrogen-bond acceptors (Lipinski definition) is 10. The molecule has 3 aromatic rings. The summed E-state index contributed by atoms with van der Waals surface area (Å²) in [6, 6.07) is 6.28. The van der Waals surface area contributed by atoms with Crippen LogP contribution in [-0.4, -0.2) is 45.6 Å². The molecule has 1 aromatic heterocycles. The van der Waals surface area contributed by atoms with Crippen molar-refractivity contribution in [2.45, 2.75) is 6.92 Å². The Hall–Kier alpha value is -4.41. The van der Waals surface area contributed by atoms with Gasteiger partial charge in [0.2, 0.25) is 16.9 Å². The molecule has 0 spiro atoms. The van der Waals surface area contributed by atoms with Crippen molar-refractivity contribution in [3.8, 4) is 40.1 Å². The highest BCUT2D eigenvalue weighted by molar-refractivity contribution is 5.92. The fourth-order valence-corrected chi connectivity index (χ4v) is 2.69. The molecule has 0 aliphatic rings. The lowest BCUT2D eigenvalue weighted by molar-refractivity contribution is -0.141. The van der Waals surface area contributed by atoms with Gasteiger partial charge in [-0.15, -0.1) is 0 Å². The van der Waals surface area contributed by atoms with Crippen molar-refractivity contribution >= 4 is 23.0 Å². The van der Waals surface area contributed by atoms with Crippen LogP contribution in [0.5, 0.6) is 28.7 Å². The highest BCUT2D eigenvalue weighted by atomic mass is 16.6. The molecule has 1 amide bonds. The van der Waals surface area contributed by atoms with Crippen molar-refractivity contribution in [3.63, 3.8) is 0 Å². The maximum Gasteiger partial charge on any atom is 0.413 e. The van der Waals surface area contributed by atoms with Crippen molar-refractivity contribution in [1.29, 1.82) is 0 Å². The maximum atomic E-state index is 12.6. The first-order valence-corrected chi connectivity index (χ1v) is 8.88. The van der Waals surface area contributed by atoms with E-state index in [1.54, 1.807) is 6.92 Å². The van der Waals surface area contributed by atoms with Crippen LogP contribution in [-0.2, 0) is 9.53 Å². The van der Waals surface area contributed by atoms with Crippen molar-refractivity contribution < 1.29 is 43.9 Å². The monoisotopic (exact) mass is 431 g/mol. The number of carbonyl (C=O) groups is 2. The molecule has 0 fully saturated rings. The molecule has 0 saturated heterocycles. The Morgan fingerprint density at radius 1 is 1.06 bits per heavy atom. The fraction of sp³-hybridized carbons (Fsp3) is 0.150. The number of hydrogen-bond donors (Lipinski definition) is 5. The molecule has 11 heteroatoms. The zero-order valence-electron chi connectivity index (χ0n) is 16.0. The minimum absolute atomic E-state index is 0.0512. The number of phenolic OH excluding ortho intramolecular Hbond substituents is 3. The van der Waals surface area contributed by atoms with E-state index in [1.165, 1.54) is 24.3 Å². The van der Waals surface area contributed by atoms with Crippen LogP contribution in [0, 0.1) is 0 Å². The second-order valence-electron chi connectivity index (χ2n) is 6.15. The molecule has 0 unspecified atom stereocenters. The zero-order chi connectivity index (χ0) is 22.7.